The zero-order chi connectivity index (χ0) is 21.5. The summed E-state index contributed by atoms with van der Waals surface area (Å²) < 4.78 is 42.2. The predicted octanol–water partition coefficient (Wildman–Crippen LogP) is 5.66. The predicted molar refractivity (Wildman–Crippen MR) is 116 cm³/mol. The van der Waals surface area contributed by atoms with Crippen LogP contribution < -0.4 is 4.31 Å². The number of anilines is 1. The molecule has 0 aliphatic carbocycles. The Morgan fingerprint density at radius 3 is 2.57 bits per heavy atom. The number of para-hydroxylation sites is 1. The normalized spacial score (nSPS) is 13.4. The van der Waals surface area contributed by atoms with Gasteiger partial charge in [-0.3, -0.25) is 4.79 Å². The van der Waals surface area contributed by atoms with E-state index in [1.54, 1.807) is 12.1 Å². The molecule has 2 aromatic rings. The van der Waals surface area contributed by atoms with Crippen LogP contribution in [0.5, 0.6) is 0 Å². The Kier molecular flexibility index (Phi) is 7.68. The summed E-state index contributed by atoms with van der Waals surface area (Å²) in [7, 11) is 0. The largest absolute Gasteiger partial charge is 0.312 e. The maximum absolute atomic E-state index is 14.8. The second-order valence-electron chi connectivity index (χ2n) is 6.77. The molecule has 0 unspecified atom stereocenters. The Balaban J connectivity index is 1.72. The molecule has 8 heteroatoms. The van der Waals surface area contributed by atoms with Crippen LogP contribution >= 0.6 is 11.9 Å². The first-order valence-corrected chi connectivity index (χ1v) is 10.6. The molecule has 158 valence electrons. The van der Waals surface area contributed by atoms with Gasteiger partial charge in [-0.15, -0.1) is 0 Å². The summed E-state index contributed by atoms with van der Waals surface area (Å²) in [5, 5.41) is 7.25. The van der Waals surface area contributed by atoms with E-state index in [4.69, 9.17) is 0 Å². The van der Waals surface area contributed by atoms with Crippen LogP contribution in [0.4, 0.5) is 18.9 Å². The second kappa shape index (κ2) is 10.4. The van der Waals surface area contributed by atoms with Gasteiger partial charge in [0.1, 0.15) is 17.3 Å². The summed E-state index contributed by atoms with van der Waals surface area (Å²) in [5.41, 5.74) is 1.85. The van der Waals surface area contributed by atoms with E-state index >= 15 is 0 Å². The molecule has 30 heavy (non-hydrogen) atoms. The van der Waals surface area contributed by atoms with Crippen LogP contribution in [0.2, 0.25) is 0 Å². The fourth-order valence-corrected chi connectivity index (χ4v) is 3.95. The lowest BCUT2D eigenvalue weighted by Gasteiger charge is -2.24. The maximum atomic E-state index is 14.8. The van der Waals surface area contributed by atoms with E-state index in [2.05, 4.69) is 10.2 Å². The molecule has 0 aromatic heterocycles. The van der Waals surface area contributed by atoms with Crippen molar-refractivity contribution in [2.24, 2.45) is 10.2 Å². The van der Waals surface area contributed by atoms with Gasteiger partial charge in [0.15, 0.2) is 0 Å². The van der Waals surface area contributed by atoms with E-state index in [0.29, 0.717) is 42.0 Å². The zero-order valence-electron chi connectivity index (χ0n) is 16.5. The smallest absolute Gasteiger partial charge is 0.278 e. The highest BCUT2D eigenvalue weighted by molar-refractivity contribution is 8.00. The van der Waals surface area contributed by atoms with Crippen LogP contribution in [0, 0.1) is 5.82 Å². The molecule has 0 spiro atoms. The number of hydrogen-bond acceptors (Lipinski definition) is 5. The average molecular weight is 433 g/mol. The molecule has 0 saturated heterocycles. The summed E-state index contributed by atoms with van der Waals surface area (Å²) in [4.78, 5) is 11.6. The lowest BCUT2D eigenvalue weighted by atomic mass is 10.0. The molecule has 0 atom stereocenters. The van der Waals surface area contributed by atoms with Crippen molar-refractivity contribution in [1.82, 2.24) is 0 Å². The third-order valence-electron chi connectivity index (χ3n) is 4.67. The summed E-state index contributed by atoms with van der Waals surface area (Å²) >= 11 is 1.48. The number of carbonyl (C=O) groups excluding carboxylic acids is 1. The molecule has 0 radical (unpaired) electrons. The number of alkyl halides is 2. The third kappa shape index (κ3) is 5.72. The fourth-order valence-electron chi connectivity index (χ4n) is 2.91. The van der Waals surface area contributed by atoms with Gasteiger partial charge in [-0.05, 0) is 30.1 Å². The summed E-state index contributed by atoms with van der Waals surface area (Å²) in [6.07, 6.45) is -1.78. The van der Waals surface area contributed by atoms with Crippen LogP contribution in [0.3, 0.4) is 0 Å². The molecule has 0 N–H and O–H groups in total. The molecule has 1 aliphatic rings. The number of ketones is 1. The summed E-state index contributed by atoms with van der Waals surface area (Å²) in [6.45, 7) is 2.13. The number of halogens is 3. The lowest BCUT2D eigenvalue weighted by molar-refractivity contribution is -0.118. The highest BCUT2D eigenvalue weighted by atomic mass is 32.2. The van der Waals surface area contributed by atoms with E-state index in [0.717, 1.165) is 5.69 Å². The molecule has 4 nitrogen and oxygen atoms in total. The Labute approximate surface area is 178 Å². The first kappa shape index (κ1) is 22.1. The van der Waals surface area contributed by atoms with Crippen molar-refractivity contribution in [3.05, 3.63) is 65.5 Å². The summed E-state index contributed by atoms with van der Waals surface area (Å²) in [6, 6.07) is 14.2. The van der Waals surface area contributed by atoms with E-state index in [1.165, 1.54) is 18.0 Å². The van der Waals surface area contributed by atoms with Gasteiger partial charge in [-0.1, -0.05) is 37.3 Å². The maximum Gasteiger partial charge on any atom is 0.278 e. The SMILES string of the molecule is CCC(=O)CCSN(Cc1ccc(C2=NN=C(C(F)F)C2)cc1F)c1ccccc1. The molecule has 2 aromatic carbocycles. The Morgan fingerprint density at radius 2 is 1.93 bits per heavy atom. The number of Topliss-reactive ketones (excluding diaryl/α,β-unsaturated/α-hetero) is 1. The molecular weight excluding hydrogens is 411 g/mol. The van der Waals surface area contributed by atoms with Crippen molar-refractivity contribution >= 4 is 34.8 Å². The molecule has 3 rings (SSSR count). The zero-order valence-corrected chi connectivity index (χ0v) is 17.3. The van der Waals surface area contributed by atoms with Crippen molar-refractivity contribution in [3.63, 3.8) is 0 Å². The van der Waals surface area contributed by atoms with Crippen LogP contribution in [0.1, 0.15) is 37.3 Å². The lowest BCUT2D eigenvalue weighted by Crippen LogP contribution is -2.17. The van der Waals surface area contributed by atoms with Gasteiger partial charge in [0.2, 0.25) is 0 Å². The van der Waals surface area contributed by atoms with Gasteiger partial charge in [-0.25, -0.2) is 13.2 Å². The van der Waals surface area contributed by atoms with Gasteiger partial charge < -0.3 is 4.31 Å². The van der Waals surface area contributed by atoms with E-state index in [1.807, 2.05) is 41.6 Å². The quantitative estimate of drug-likeness (QED) is 0.454. The van der Waals surface area contributed by atoms with Crippen molar-refractivity contribution in [3.8, 4) is 0 Å². The highest BCUT2D eigenvalue weighted by Crippen LogP contribution is 2.27. The van der Waals surface area contributed by atoms with Gasteiger partial charge in [0.05, 0.1) is 12.3 Å². The fraction of sp³-hybridized carbons (Fsp3) is 0.318. The highest BCUT2D eigenvalue weighted by Gasteiger charge is 2.22. The second-order valence-corrected chi connectivity index (χ2v) is 7.88. The number of rotatable bonds is 10. The van der Waals surface area contributed by atoms with Gasteiger partial charge in [0, 0.05) is 41.8 Å². The topological polar surface area (TPSA) is 45.0 Å². The van der Waals surface area contributed by atoms with E-state index < -0.39 is 12.2 Å². The minimum atomic E-state index is -2.66. The first-order chi connectivity index (χ1) is 14.5. The van der Waals surface area contributed by atoms with Crippen molar-refractivity contribution in [1.29, 1.82) is 0 Å². The minimum absolute atomic E-state index is 0.0755. The monoisotopic (exact) mass is 433 g/mol. The minimum Gasteiger partial charge on any atom is -0.312 e. The first-order valence-electron chi connectivity index (χ1n) is 9.65. The molecule has 1 aliphatic heterocycles. The molecule has 0 amide bonds. The van der Waals surface area contributed by atoms with Gasteiger partial charge in [0.25, 0.3) is 6.43 Å². The van der Waals surface area contributed by atoms with Gasteiger partial charge in [-0.2, -0.15) is 10.2 Å². The average Bonchev–Trinajstić information content (AvgIpc) is 3.25. The Morgan fingerprint density at radius 1 is 1.17 bits per heavy atom. The molecular formula is C22H22F3N3OS. The van der Waals surface area contributed by atoms with Crippen LogP contribution in [0.25, 0.3) is 0 Å². The number of nitrogens with zero attached hydrogens (tertiary/aromatic N) is 3. The van der Waals surface area contributed by atoms with E-state index in [-0.39, 0.29) is 17.9 Å². The molecule has 0 saturated carbocycles. The van der Waals surface area contributed by atoms with Crippen molar-refractivity contribution in [2.45, 2.75) is 39.2 Å². The third-order valence-corrected chi connectivity index (χ3v) is 5.70. The van der Waals surface area contributed by atoms with Gasteiger partial charge >= 0.3 is 0 Å². The number of hydrogen-bond donors (Lipinski definition) is 0. The standard InChI is InChI=1S/C22H22F3N3OS/c1-2-18(29)10-11-30-28(17-6-4-3-5-7-17)14-16-9-8-15(12-19(16)23)20-13-21(22(24)25)27-26-20/h3-9,12,22H,2,10-11,13-14H2,1H3. The molecule has 1 heterocycles. The number of carbonyl (C=O) groups is 1. The van der Waals surface area contributed by atoms with Crippen molar-refractivity contribution < 1.29 is 18.0 Å². The van der Waals surface area contributed by atoms with E-state index in [9.17, 15) is 18.0 Å². The summed E-state index contributed by atoms with van der Waals surface area (Å²) in [5.74, 6) is 0.354. The molecule has 0 bridgehead atoms. The van der Waals surface area contributed by atoms with Crippen LogP contribution in [-0.2, 0) is 11.3 Å². The molecule has 0 fully saturated rings. The van der Waals surface area contributed by atoms with Crippen LogP contribution in [0.15, 0.2) is 58.7 Å². The van der Waals surface area contributed by atoms with Crippen LogP contribution in [-0.4, -0.2) is 29.4 Å². The number of benzene rings is 2. The Hall–Kier alpha value is -2.61. The van der Waals surface area contributed by atoms with Crippen molar-refractivity contribution in [2.75, 3.05) is 10.1 Å². The Bertz CT molecular complexity index is 948.